The van der Waals surface area contributed by atoms with Crippen molar-refractivity contribution in [2.45, 2.75) is 64.7 Å². The second-order valence-electron chi connectivity index (χ2n) is 10.9. The molecule has 2 rings (SSSR count). The van der Waals surface area contributed by atoms with Gasteiger partial charge < -0.3 is 23.4 Å². The number of methoxy groups -OCH3 is 1. The summed E-state index contributed by atoms with van der Waals surface area (Å²) < 4.78 is 27.5. The summed E-state index contributed by atoms with van der Waals surface area (Å²) in [4.78, 5) is 38.5. The molecule has 2 aromatic carbocycles. The van der Waals surface area contributed by atoms with Crippen molar-refractivity contribution in [2.75, 3.05) is 27.1 Å². The Balaban J connectivity index is 2.44. The van der Waals surface area contributed by atoms with Crippen molar-refractivity contribution < 1.29 is 37.8 Å². The Morgan fingerprint density at radius 1 is 0.842 bits per heavy atom. The molecule has 0 radical (unpaired) electrons. The van der Waals surface area contributed by atoms with Crippen molar-refractivity contribution in [3.8, 4) is 0 Å². The molecule has 0 unspecified atom stereocenters. The van der Waals surface area contributed by atoms with Crippen LogP contribution in [0.2, 0.25) is 5.04 Å². The molecule has 2 aromatic rings. The van der Waals surface area contributed by atoms with E-state index in [-0.39, 0.29) is 31.5 Å². The minimum Gasteiger partial charge on any atom is -0.454 e. The molecule has 0 aromatic heterocycles. The lowest BCUT2D eigenvalue weighted by molar-refractivity contribution is -0.171. The van der Waals surface area contributed by atoms with E-state index in [2.05, 4.69) is 20.8 Å². The molecule has 0 saturated carbocycles. The number of hydrogen-bond donors (Lipinski definition) is 0. The number of Topliss-reactive ketones (excluding diaryl/α,β-unsaturated/α-hetero) is 1. The summed E-state index contributed by atoms with van der Waals surface area (Å²) in [6, 6.07) is 19.7. The van der Waals surface area contributed by atoms with E-state index in [1.54, 1.807) is 20.8 Å². The predicted molar refractivity (Wildman–Crippen MR) is 147 cm³/mol. The third-order valence-corrected chi connectivity index (χ3v) is 10.7. The summed E-state index contributed by atoms with van der Waals surface area (Å²) in [6.45, 7) is 11.0. The molecule has 208 valence electrons. The zero-order valence-corrected chi connectivity index (χ0v) is 24.4. The molecular weight excluding hydrogens is 504 g/mol. The van der Waals surface area contributed by atoms with E-state index >= 15 is 0 Å². The van der Waals surface area contributed by atoms with Gasteiger partial charge in [-0.25, -0.2) is 4.79 Å². The maximum atomic E-state index is 13.2. The minimum atomic E-state index is -3.06. The molecule has 0 aliphatic rings. The number of esters is 2. The fourth-order valence-electron chi connectivity index (χ4n) is 4.10. The van der Waals surface area contributed by atoms with Gasteiger partial charge in [0.1, 0.15) is 12.4 Å². The van der Waals surface area contributed by atoms with Crippen LogP contribution in [0.1, 0.15) is 48.0 Å². The molecule has 0 N–H and O–H groups in total. The highest BCUT2D eigenvalue weighted by atomic mass is 28.4. The van der Waals surface area contributed by atoms with Crippen LogP contribution in [0.15, 0.2) is 60.7 Å². The molecule has 8 nitrogen and oxygen atoms in total. The zero-order valence-electron chi connectivity index (χ0n) is 23.4. The van der Waals surface area contributed by atoms with E-state index < -0.39 is 37.7 Å². The number of rotatable bonds is 13. The molecule has 0 spiro atoms. The smallest absolute Gasteiger partial charge is 0.379 e. The summed E-state index contributed by atoms with van der Waals surface area (Å²) >= 11 is 0. The Morgan fingerprint density at radius 3 is 1.82 bits per heavy atom. The Hall–Kier alpha value is -2.85. The SMILES string of the molecule is COCOCCC(=O)O[C@H](CO[Si](c1ccccc1)(c1ccccc1)C(C)(C)C)C(=O)C(=O)OC(C)(C)C. The average molecular weight is 545 g/mol. The Labute approximate surface area is 226 Å². The van der Waals surface area contributed by atoms with Crippen LogP contribution in [0.5, 0.6) is 0 Å². The first-order valence-corrected chi connectivity index (χ1v) is 14.5. The van der Waals surface area contributed by atoms with Gasteiger partial charge >= 0.3 is 11.9 Å². The standard InChI is InChI=1S/C29H40O8Si/c1-28(2,3)37-27(32)26(31)24(36-25(30)18-19-34-21-33-7)20-35-38(29(4,5)6,22-14-10-8-11-15-22)23-16-12-9-13-17-23/h8-17,24H,18-21H2,1-7H3/t24-/m1/s1. The van der Waals surface area contributed by atoms with Gasteiger partial charge in [-0.3, -0.25) is 9.59 Å². The van der Waals surface area contributed by atoms with E-state index in [9.17, 15) is 14.4 Å². The lowest BCUT2D eigenvalue weighted by Crippen LogP contribution is -2.67. The van der Waals surface area contributed by atoms with Gasteiger partial charge in [-0.05, 0) is 36.2 Å². The average Bonchev–Trinajstić information content (AvgIpc) is 2.85. The molecule has 0 fully saturated rings. The van der Waals surface area contributed by atoms with Gasteiger partial charge in [-0.15, -0.1) is 0 Å². The van der Waals surface area contributed by atoms with E-state index in [1.807, 2.05) is 60.7 Å². The Morgan fingerprint density at radius 2 is 1.37 bits per heavy atom. The van der Waals surface area contributed by atoms with Crippen LogP contribution in [0.25, 0.3) is 0 Å². The van der Waals surface area contributed by atoms with Gasteiger partial charge in [0, 0.05) is 7.11 Å². The topological polar surface area (TPSA) is 97.4 Å². The fourth-order valence-corrected chi connectivity index (χ4v) is 8.66. The first kappa shape index (κ1) is 31.4. The summed E-state index contributed by atoms with van der Waals surface area (Å²) in [5, 5.41) is 1.59. The van der Waals surface area contributed by atoms with Crippen LogP contribution in [-0.4, -0.2) is 64.9 Å². The highest BCUT2D eigenvalue weighted by Gasteiger charge is 2.51. The third kappa shape index (κ3) is 8.59. The molecule has 38 heavy (non-hydrogen) atoms. The zero-order chi connectivity index (χ0) is 28.4. The minimum absolute atomic E-state index is 0.0184. The molecule has 0 amide bonds. The van der Waals surface area contributed by atoms with Gasteiger partial charge in [-0.1, -0.05) is 81.4 Å². The van der Waals surface area contributed by atoms with Crippen molar-refractivity contribution in [3.05, 3.63) is 60.7 Å². The van der Waals surface area contributed by atoms with Gasteiger partial charge in [0.2, 0.25) is 0 Å². The van der Waals surface area contributed by atoms with E-state index in [0.29, 0.717) is 0 Å². The van der Waals surface area contributed by atoms with Crippen molar-refractivity contribution in [3.63, 3.8) is 0 Å². The monoisotopic (exact) mass is 544 g/mol. The molecule has 0 heterocycles. The first-order valence-electron chi connectivity index (χ1n) is 12.6. The molecule has 1 atom stereocenters. The quantitative estimate of drug-likeness (QED) is 0.124. The van der Waals surface area contributed by atoms with Crippen molar-refractivity contribution in [2.24, 2.45) is 0 Å². The van der Waals surface area contributed by atoms with Crippen LogP contribution in [0, 0.1) is 0 Å². The van der Waals surface area contributed by atoms with Crippen molar-refractivity contribution >= 4 is 36.4 Å². The molecule has 0 aliphatic carbocycles. The third-order valence-electron chi connectivity index (χ3n) is 5.69. The van der Waals surface area contributed by atoms with E-state index in [1.165, 1.54) is 7.11 Å². The molecule has 0 saturated heterocycles. The number of ketones is 1. The van der Waals surface area contributed by atoms with E-state index in [0.717, 1.165) is 10.4 Å². The second kappa shape index (κ2) is 13.8. The van der Waals surface area contributed by atoms with Crippen LogP contribution in [0.3, 0.4) is 0 Å². The number of ether oxygens (including phenoxy) is 4. The summed E-state index contributed by atoms with van der Waals surface area (Å²) in [7, 11) is -1.60. The van der Waals surface area contributed by atoms with E-state index in [4.69, 9.17) is 23.4 Å². The summed E-state index contributed by atoms with van der Waals surface area (Å²) in [5.41, 5.74) is -0.895. The molecule has 0 aliphatic heterocycles. The maximum Gasteiger partial charge on any atom is 0.379 e. The van der Waals surface area contributed by atoms with Gasteiger partial charge in [0.05, 0.1) is 19.6 Å². The highest BCUT2D eigenvalue weighted by Crippen LogP contribution is 2.37. The number of carbonyl (C=O) groups is 3. The predicted octanol–water partition coefficient (Wildman–Crippen LogP) is 3.40. The van der Waals surface area contributed by atoms with Gasteiger partial charge in [-0.2, -0.15) is 0 Å². The molecule has 9 heteroatoms. The van der Waals surface area contributed by atoms with Crippen molar-refractivity contribution in [1.29, 1.82) is 0 Å². The van der Waals surface area contributed by atoms with Gasteiger partial charge in [0.15, 0.2) is 6.10 Å². The molecule has 0 bridgehead atoms. The fraction of sp³-hybridized carbons (Fsp3) is 0.483. The van der Waals surface area contributed by atoms with Crippen molar-refractivity contribution in [1.82, 2.24) is 0 Å². The lowest BCUT2D eigenvalue weighted by atomic mass is 10.2. The Bertz CT molecular complexity index is 1000. The second-order valence-corrected chi connectivity index (χ2v) is 15.2. The normalized spacial score (nSPS) is 13.0. The van der Waals surface area contributed by atoms with Crippen LogP contribution in [-0.2, 0) is 37.8 Å². The summed E-state index contributed by atoms with van der Waals surface area (Å²) in [5.74, 6) is -2.77. The first-order chi connectivity index (χ1) is 17.8. The number of carbonyl (C=O) groups excluding carboxylic acids is 3. The Kier molecular flexibility index (Phi) is 11.4. The largest absolute Gasteiger partial charge is 0.454 e. The van der Waals surface area contributed by atoms with Gasteiger partial charge in [0.25, 0.3) is 14.1 Å². The highest BCUT2D eigenvalue weighted by molar-refractivity contribution is 6.99. The van der Waals surface area contributed by atoms with Crippen LogP contribution in [0.4, 0.5) is 0 Å². The van der Waals surface area contributed by atoms with Crippen LogP contribution >= 0.6 is 0 Å². The van der Waals surface area contributed by atoms with Crippen LogP contribution < -0.4 is 10.4 Å². The number of benzene rings is 2. The molecular formula is C29H40O8Si. The maximum absolute atomic E-state index is 13.2. The summed E-state index contributed by atoms with van der Waals surface area (Å²) in [6.07, 6.45) is -1.61. The number of hydrogen-bond acceptors (Lipinski definition) is 8. The lowest BCUT2D eigenvalue weighted by Gasteiger charge is -2.43.